The van der Waals surface area contributed by atoms with Crippen LogP contribution in [0.4, 0.5) is 0 Å². The van der Waals surface area contributed by atoms with E-state index in [-0.39, 0.29) is 5.91 Å². The van der Waals surface area contributed by atoms with E-state index in [9.17, 15) is 4.79 Å². The predicted molar refractivity (Wildman–Crippen MR) is 71.0 cm³/mol. The third-order valence-electron chi connectivity index (χ3n) is 3.65. The van der Waals surface area contributed by atoms with Gasteiger partial charge < -0.3 is 15.5 Å². The molecule has 100 valence electrons. The molecule has 1 aliphatic rings. The standard InChI is InChI=1S/C13H27N3O/c1-4-14-13(17)9-15-11(3)12-7-6-8-16(5-2)10-12/h11-12,15H,4-10H2,1-3H3,(H,14,17). The average molecular weight is 241 g/mol. The van der Waals surface area contributed by atoms with Crippen molar-refractivity contribution in [3.05, 3.63) is 0 Å². The Morgan fingerprint density at radius 2 is 2.24 bits per heavy atom. The van der Waals surface area contributed by atoms with Crippen molar-refractivity contribution in [2.75, 3.05) is 32.7 Å². The number of rotatable bonds is 6. The monoisotopic (exact) mass is 241 g/mol. The van der Waals surface area contributed by atoms with Gasteiger partial charge in [0.25, 0.3) is 0 Å². The van der Waals surface area contributed by atoms with Crippen LogP contribution in [0.3, 0.4) is 0 Å². The fraction of sp³-hybridized carbons (Fsp3) is 0.923. The van der Waals surface area contributed by atoms with Crippen LogP contribution in [0, 0.1) is 5.92 Å². The zero-order chi connectivity index (χ0) is 12.7. The van der Waals surface area contributed by atoms with Crippen LogP contribution in [0.15, 0.2) is 0 Å². The number of amides is 1. The number of piperidine rings is 1. The SMILES string of the molecule is CCNC(=O)CNC(C)C1CCCN(CC)C1. The van der Waals surface area contributed by atoms with Gasteiger partial charge in [-0.1, -0.05) is 6.92 Å². The van der Waals surface area contributed by atoms with Gasteiger partial charge in [0, 0.05) is 19.1 Å². The van der Waals surface area contributed by atoms with Crippen molar-refractivity contribution in [2.45, 2.75) is 39.7 Å². The molecule has 2 unspecified atom stereocenters. The maximum absolute atomic E-state index is 11.4. The summed E-state index contributed by atoms with van der Waals surface area (Å²) in [4.78, 5) is 13.9. The number of carbonyl (C=O) groups is 1. The number of hydrogen-bond donors (Lipinski definition) is 2. The fourth-order valence-corrected chi connectivity index (χ4v) is 2.47. The van der Waals surface area contributed by atoms with Gasteiger partial charge in [0.2, 0.25) is 5.91 Å². The van der Waals surface area contributed by atoms with Gasteiger partial charge in [0.15, 0.2) is 0 Å². The molecule has 0 aromatic heterocycles. The molecular formula is C13H27N3O. The van der Waals surface area contributed by atoms with E-state index in [1.165, 1.54) is 25.9 Å². The van der Waals surface area contributed by atoms with Crippen molar-refractivity contribution in [2.24, 2.45) is 5.92 Å². The topological polar surface area (TPSA) is 44.4 Å². The Morgan fingerprint density at radius 3 is 2.88 bits per heavy atom. The van der Waals surface area contributed by atoms with E-state index in [1.54, 1.807) is 0 Å². The highest BCUT2D eigenvalue weighted by Crippen LogP contribution is 2.19. The minimum absolute atomic E-state index is 0.0995. The van der Waals surface area contributed by atoms with Crippen molar-refractivity contribution >= 4 is 5.91 Å². The van der Waals surface area contributed by atoms with Gasteiger partial charge in [-0.05, 0) is 45.7 Å². The summed E-state index contributed by atoms with van der Waals surface area (Å²) in [6.45, 7) is 11.1. The fourth-order valence-electron chi connectivity index (χ4n) is 2.47. The molecule has 17 heavy (non-hydrogen) atoms. The Morgan fingerprint density at radius 1 is 1.47 bits per heavy atom. The number of likely N-dealkylation sites (N-methyl/N-ethyl adjacent to an activating group) is 1. The summed E-state index contributed by atoms with van der Waals surface area (Å²) in [5.74, 6) is 0.778. The van der Waals surface area contributed by atoms with Crippen LogP contribution in [0.1, 0.15) is 33.6 Å². The van der Waals surface area contributed by atoms with E-state index in [2.05, 4.69) is 29.4 Å². The lowest BCUT2D eigenvalue weighted by Crippen LogP contribution is -2.46. The smallest absolute Gasteiger partial charge is 0.233 e. The lowest BCUT2D eigenvalue weighted by Gasteiger charge is -2.35. The number of hydrogen-bond acceptors (Lipinski definition) is 3. The second kappa shape index (κ2) is 7.67. The minimum atomic E-state index is 0.0995. The van der Waals surface area contributed by atoms with E-state index in [4.69, 9.17) is 0 Å². The lowest BCUT2D eigenvalue weighted by molar-refractivity contribution is -0.120. The molecule has 1 heterocycles. The maximum atomic E-state index is 11.4. The second-order valence-corrected chi connectivity index (χ2v) is 4.92. The molecule has 0 radical (unpaired) electrons. The third kappa shape index (κ3) is 5.04. The molecule has 0 aliphatic carbocycles. The Hall–Kier alpha value is -0.610. The first-order valence-corrected chi connectivity index (χ1v) is 6.89. The summed E-state index contributed by atoms with van der Waals surface area (Å²) in [5, 5.41) is 6.15. The van der Waals surface area contributed by atoms with E-state index >= 15 is 0 Å². The van der Waals surface area contributed by atoms with Crippen LogP contribution in [0.5, 0.6) is 0 Å². The van der Waals surface area contributed by atoms with Gasteiger partial charge in [-0.25, -0.2) is 0 Å². The summed E-state index contributed by atoms with van der Waals surface area (Å²) in [5.41, 5.74) is 0. The van der Waals surface area contributed by atoms with Gasteiger partial charge in [-0.15, -0.1) is 0 Å². The van der Waals surface area contributed by atoms with Crippen LogP contribution in [0.25, 0.3) is 0 Å². The van der Waals surface area contributed by atoms with Crippen molar-refractivity contribution in [3.8, 4) is 0 Å². The third-order valence-corrected chi connectivity index (χ3v) is 3.65. The Labute approximate surface area is 105 Å². The first-order chi connectivity index (χ1) is 8.17. The highest BCUT2D eigenvalue weighted by molar-refractivity contribution is 5.77. The van der Waals surface area contributed by atoms with Crippen molar-refractivity contribution in [3.63, 3.8) is 0 Å². The van der Waals surface area contributed by atoms with Gasteiger partial charge in [0.05, 0.1) is 6.54 Å². The molecule has 1 fully saturated rings. The molecule has 1 rings (SSSR count). The molecule has 2 atom stereocenters. The van der Waals surface area contributed by atoms with Crippen LogP contribution >= 0.6 is 0 Å². The normalized spacial score (nSPS) is 23.4. The summed E-state index contributed by atoms with van der Waals surface area (Å²) in [7, 11) is 0. The largest absolute Gasteiger partial charge is 0.355 e. The number of nitrogens with zero attached hydrogens (tertiary/aromatic N) is 1. The van der Waals surface area contributed by atoms with Crippen molar-refractivity contribution in [1.29, 1.82) is 0 Å². The Kier molecular flexibility index (Phi) is 6.52. The van der Waals surface area contributed by atoms with E-state index < -0.39 is 0 Å². The highest BCUT2D eigenvalue weighted by Gasteiger charge is 2.23. The molecule has 1 amide bonds. The molecule has 1 aliphatic heterocycles. The number of nitrogens with one attached hydrogen (secondary N) is 2. The predicted octanol–water partition coefficient (Wildman–Crippen LogP) is 0.833. The Bertz CT molecular complexity index is 233. The van der Waals surface area contributed by atoms with Gasteiger partial charge in [0.1, 0.15) is 0 Å². The van der Waals surface area contributed by atoms with Crippen LogP contribution in [-0.2, 0) is 4.79 Å². The summed E-state index contributed by atoms with van der Waals surface area (Å²) < 4.78 is 0. The molecule has 2 N–H and O–H groups in total. The summed E-state index contributed by atoms with van der Waals surface area (Å²) >= 11 is 0. The molecule has 4 nitrogen and oxygen atoms in total. The molecule has 0 saturated carbocycles. The zero-order valence-electron chi connectivity index (χ0n) is 11.5. The highest BCUT2D eigenvalue weighted by atomic mass is 16.1. The lowest BCUT2D eigenvalue weighted by atomic mass is 9.91. The molecule has 0 spiro atoms. The van der Waals surface area contributed by atoms with Gasteiger partial charge in [-0.2, -0.15) is 0 Å². The summed E-state index contributed by atoms with van der Waals surface area (Å²) in [6.07, 6.45) is 2.56. The molecule has 0 aromatic rings. The molecule has 0 bridgehead atoms. The summed E-state index contributed by atoms with van der Waals surface area (Å²) in [6, 6.07) is 0.423. The number of carbonyl (C=O) groups excluding carboxylic acids is 1. The van der Waals surface area contributed by atoms with Gasteiger partial charge in [-0.3, -0.25) is 4.79 Å². The van der Waals surface area contributed by atoms with Crippen LogP contribution in [-0.4, -0.2) is 49.6 Å². The first kappa shape index (κ1) is 14.5. The van der Waals surface area contributed by atoms with E-state index in [0.29, 0.717) is 25.0 Å². The quantitative estimate of drug-likeness (QED) is 0.724. The molecule has 1 saturated heterocycles. The second-order valence-electron chi connectivity index (χ2n) is 4.92. The zero-order valence-corrected chi connectivity index (χ0v) is 11.5. The Balaban J connectivity index is 2.26. The van der Waals surface area contributed by atoms with E-state index in [0.717, 1.165) is 6.54 Å². The molecular weight excluding hydrogens is 214 g/mol. The van der Waals surface area contributed by atoms with E-state index in [1.807, 2.05) is 6.92 Å². The van der Waals surface area contributed by atoms with Gasteiger partial charge >= 0.3 is 0 Å². The maximum Gasteiger partial charge on any atom is 0.233 e. The van der Waals surface area contributed by atoms with Crippen LogP contribution in [0.2, 0.25) is 0 Å². The molecule has 4 heteroatoms. The van der Waals surface area contributed by atoms with Crippen LogP contribution < -0.4 is 10.6 Å². The minimum Gasteiger partial charge on any atom is -0.355 e. The number of likely N-dealkylation sites (tertiary alicyclic amines) is 1. The molecule has 0 aromatic carbocycles. The van der Waals surface area contributed by atoms with Crippen molar-refractivity contribution in [1.82, 2.24) is 15.5 Å². The van der Waals surface area contributed by atoms with Crippen molar-refractivity contribution < 1.29 is 4.79 Å². The average Bonchev–Trinajstić information content (AvgIpc) is 2.36. The first-order valence-electron chi connectivity index (χ1n) is 6.89.